The second-order valence-electron chi connectivity index (χ2n) is 5.31. The van der Waals surface area contributed by atoms with E-state index in [4.69, 9.17) is 5.73 Å². The molecule has 1 atom stereocenters. The Bertz CT molecular complexity index is 561. The smallest absolute Gasteiger partial charge is 0.182 e. The predicted octanol–water partition coefficient (Wildman–Crippen LogP) is 3.37. The summed E-state index contributed by atoms with van der Waals surface area (Å²) in [6.45, 7) is 6.38. The molecule has 1 aromatic carbocycles. The summed E-state index contributed by atoms with van der Waals surface area (Å²) >= 11 is 0. The molecule has 1 aromatic heterocycles. The van der Waals surface area contributed by atoms with Crippen molar-refractivity contribution in [2.24, 2.45) is 0 Å². The number of nitrogens with zero attached hydrogens (tertiary/aromatic N) is 4. The predicted molar refractivity (Wildman–Crippen MR) is 81.3 cm³/mol. The fraction of sp³-hybridized carbons (Fsp3) is 0.533. The first kappa shape index (κ1) is 14.5. The molecule has 0 aliphatic heterocycles. The van der Waals surface area contributed by atoms with Crippen LogP contribution in [0.15, 0.2) is 18.2 Å². The van der Waals surface area contributed by atoms with Crippen LogP contribution in [0, 0.1) is 6.92 Å². The minimum absolute atomic E-state index is 0.299. The van der Waals surface area contributed by atoms with Gasteiger partial charge < -0.3 is 5.73 Å². The third kappa shape index (κ3) is 2.98. The van der Waals surface area contributed by atoms with Crippen LogP contribution in [0.4, 0.5) is 5.69 Å². The van der Waals surface area contributed by atoms with E-state index in [1.165, 1.54) is 19.3 Å². The van der Waals surface area contributed by atoms with Crippen LogP contribution in [0.2, 0.25) is 0 Å². The van der Waals surface area contributed by atoms with E-state index in [0.29, 0.717) is 6.04 Å². The zero-order valence-corrected chi connectivity index (χ0v) is 12.5. The van der Waals surface area contributed by atoms with Gasteiger partial charge in [-0.3, -0.25) is 0 Å². The Balaban J connectivity index is 2.26. The van der Waals surface area contributed by atoms with Gasteiger partial charge in [0.2, 0.25) is 0 Å². The zero-order valence-electron chi connectivity index (χ0n) is 12.5. The molecule has 2 rings (SSSR count). The molecule has 20 heavy (non-hydrogen) atoms. The van der Waals surface area contributed by atoms with Gasteiger partial charge >= 0.3 is 0 Å². The minimum Gasteiger partial charge on any atom is -0.398 e. The fourth-order valence-corrected chi connectivity index (χ4v) is 2.38. The molecule has 0 spiro atoms. The highest BCUT2D eigenvalue weighted by molar-refractivity contribution is 5.67. The van der Waals surface area contributed by atoms with E-state index in [9.17, 15) is 0 Å². The lowest BCUT2D eigenvalue weighted by Gasteiger charge is -2.14. The van der Waals surface area contributed by atoms with Crippen LogP contribution in [-0.2, 0) is 0 Å². The van der Waals surface area contributed by atoms with Crippen LogP contribution < -0.4 is 5.73 Å². The quantitative estimate of drug-likeness (QED) is 0.647. The van der Waals surface area contributed by atoms with Crippen molar-refractivity contribution in [1.82, 2.24) is 20.2 Å². The van der Waals surface area contributed by atoms with Crippen molar-refractivity contribution in [2.45, 2.75) is 52.5 Å². The van der Waals surface area contributed by atoms with Crippen molar-refractivity contribution < 1.29 is 0 Å². The van der Waals surface area contributed by atoms with Crippen LogP contribution in [0.3, 0.4) is 0 Å². The molecular formula is C15H23N5. The summed E-state index contributed by atoms with van der Waals surface area (Å²) in [6.07, 6.45) is 4.77. The van der Waals surface area contributed by atoms with E-state index < -0.39 is 0 Å². The van der Waals surface area contributed by atoms with Gasteiger partial charge in [0.25, 0.3) is 0 Å². The first-order valence-electron chi connectivity index (χ1n) is 7.28. The third-order valence-corrected chi connectivity index (χ3v) is 3.75. The molecule has 0 aliphatic carbocycles. The molecule has 5 nitrogen and oxygen atoms in total. The molecule has 0 radical (unpaired) electrons. The van der Waals surface area contributed by atoms with Gasteiger partial charge in [-0.2, -0.15) is 0 Å². The monoisotopic (exact) mass is 273 g/mol. The van der Waals surface area contributed by atoms with Gasteiger partial charge in [-0.15, -0.1) is 5.10 Å². The molecule has 0 bridgehead atoms. The summed E-state index contributed by atoms with van der Waals surface area (Å²) in [7, 11) is 0. The van der Waals surface area contributed by atoms with Crippen LogP contribution in [-0.4, -0.2) is 20.2 Å². The van der Waals surface area contributed by atoms with Gasteiger partial charge in [0.1, 0.15) is 0 Å². The van der Waals surface area contributed by atoms with Crippen LogP contribution >= 0.6 is 0 Å². The Morgan fingerprint density at radius 1 is 1.30 bits per heavy atom. The van der Waals surface area contributed by atoms with Crippen molar-refractivity contribution in [2.75, 3.05) is 5.73 Å². The van der Waals surface area contributed by atoms with Gasteiger partial charge in [0.05, 0.1) is 6.04 Å². The normalized spacial score (nSPS) is 12.6. The fourth-order valence-electron chi connectivity index (χ4n) is 2.38. The lowest BCUT2D eigenvalue weighted by Crippen LogP contribution is -2.10. The summed E-state index contributed by atoms with van der Waals surface area (Å²) in [5, 5.41) is 12.2. The lowest BCUT2D eigenvalue weighted by atomic mass is 10.1. The number of aromatic nitrogens is 4. The first-order chi connectivity index (χ1) is 9.65. The number of rotatable bonds is 6. The number of benzene rings is 1. The number of nitrogens with two attached hydrogens (primary N) is 1. The molecule has 0 amide bonds. The van der Waals surface area contributed by atoms with Gasteiger partial charge in [0.15, 0.2) is 5.82 Å². The Morgan fingerprint density at radius 3 is 2.85 bits per heavy atom. The molecule has 2 N–H and O–H groups in total. The maximum atomic E-state index is 5.97. The van der Waals surface area contributed by atoms with Gasteiger partial charge in [-0.05, 0) is 42.3 Å². The maximum absolute atomic E-state index is 5.97. The second kappa shape index (κ2) is 6.50. The number of unbranched alkanes of at least 4 members (excludes halogenated alkanes) is 2. The van der Waals surface area contributed by atoms with Gasteiger partial charge in [-0.25, -0.2) is 4.68 Å². The number of hydrogen-bond donors (Lipinski definition) is 1. The van der Waals surface area contributed by atoms with Crippen molar-refractivity contribution in [3.63, 3.8) is 0 Å². The van der Waals surface area contributed by atoms with Crippen molar-refractivity contribution in [1.29, 1.82) is 0 Å². The molecule has 0 saturated heterocycles. The van der Waals surface area contributed by atoms with E-state index in [1.807, 2.05) is 29.8 Å². The van der Waals surface area contributed by atoms with Crippen molar-refractivity contribution in [3.05, 3.63) is 23.8 Å². The van der Waals surface area contributed by atoms with Gasteiger partial charge in [0, 0.05) is 11.3 Å². The third-order valence-electron chi connectivity index (χ3n) is 3.75. The van der Waals surface area contributed by atoms with E-state index in [0.717, 1.165) is 29.1 Å². The van der Waals surface area contributed by atoms with Gasteiger partial charge in [-0.1, -0.05) is 38.3 Å². The highest BCUT2D eigenvalue weighted by Gasteiger charge is 2.16. The molecule has 0 saturated carbocycles. The summed E-state index contributed by atoms with van der Waals surface area (Å²) < 4.78 is 1.91. The first-order valence-corrected chi connectivity index (χ1v) is 7.28. The molecule has 108 valence electrons. The Kier molecular flexibility index (Phi) is 4.71. The van der Waals surface area contributed by atoms with Crippen LogP contribution in [0.1, 0.15) is 51.1 Å². The van der Waals surface area contributed by atoms with E-state index in [2.05, 4.69) is 29.4 Å². The van der Waals surface area contributed by atoms with E-state index in [1.54, 1.807) is 0 Å². The summed E-state index contributed by atoms with van der Waals surface area (Å²) in [4.78, 5) is 0. The standard InChI is InChI=1S/C15H23N5/c1-4-5-6-8-11(2)20-15(17-18-19-20)13-9-7-10-14(16)12(13)3/h7,9-11H,4-6,8,16H2,1-3H3. The number of anilines is 1. The summed E-state index contributed by atoms with van der Waals surface area (Å²) in [6, 6.07) is 6.16. The second-order valence-corrected chi connectivity index (χ2v) is 5.31. The minimum atomic E-state index is 0.299. The number of nitrogen functional groups attached to an aromatic ring is 1. The Labute approximate surface area is 120 Å². The lowest BCUT2D eigenvalue weighted by molar-refractivity contribution is 0.432. The van der Waals surface area contributed by atoms with Crippen molar-refractivity contribution >= 4 is 5.69 Å². The molecule has 5 heteroatoms. The van der Waals surface area contributed by atoms with Crippen LogP contribution in [0.5, 0.6) is 0 Å². The Morgan fingerprint density at radius 2 is 2.10 bits per heavy atom. The number of hydrogen-bond acceptors (Lipinski definition) is 4. The van der Waals surface area contributed by atoms with E-state index >= 15 is 0 Å². The molecule has 1 heterocycles. The highest BCUT2D eigenvalue weighted by atomic mass is 15.5. The van der Waals surface area contributed by atoms with E-state index in [-0.39, 0.29) is 0 Å². The van der Waals surface area contributed by atoms with Crippen LogP contribution in [0.25, 0.3) is 11.4 Å². The molecule has 1 unspecified atom stereocenters. The summed E-state index contributed by atoms with van der Waals surface area (Å²) in [5.41, 5.74) is 8.79. The molecule has 0 fully saturated rings. The SMILES string of the molecule is CCCCCC(C)n1nnnc1-c1cccc(N)c1C. The topological polar surface area (TPSA) is 69.6 Å². The molecule has 2 aromatic rings. The Hall–Kier alpha value is -1.91. The van der Waals surface area contributed by atoms with Crippen molar-refractivity contribution in [3.8, 4) is 11.4 Å². The highest BCUT2D eigenvalue weighted by Crippen LogP contribution is 2.27. The molecular weight excluding hydrogens is 250 g/mol. The average Bonchev–Trinajstić information content (AvgIpc) is 2.91. The summed E-state index contributed by atoms with van der Waals surface area (Å²) in [5.74, 6) is 0.804. The average molecular weight is 273 g/mol. The molecule has 0 aliphatic rings. The largest absolute Gasteiger partial charge is 0.398 e. The number of tetrazole rings is 1. The maximum Gasteiger partial charge on any atom is 0.182 e. The zero-order chi connectivity index (χ0) is 14.5.